The number of carbonyl (C=O) groups excluding carboxylic acids is 2. The number of ether oxygens (including phenoxy) is 2. The summed E-state index contributed by atoms with van der Waals surface area (Å²) in [6.07, 6.45) is -0.835. The predicted molar refractivity (Wildman–Crippen MR) is 94.5 cm³/mol. The monoisotopic (exact) mass is 362 g/mol. The Kier molecular flexibility index (Phi) is 6.65. The van der Waals surface area contributed by atoms with Gasteiger partial charge in [0.1, 0.15) is 11.5 Å². The predicted octanol–water partition coefficient (Wildman–Crippen LogP) is 2.64. The summed E-state index contributed by atoms with van der Waals surface area (Å²) >= 11 is 5.97. The van der Waals surface area contributed by atoms with Crippen molar-refractivity contribution in [1.29, 1.82) is 0 Å². The molecule has 0 aliphatic rings. The van der Waals surface area contributed by atoms with E-state index in [1.807, 2.05) is 19.1 Å². The van der Waals surface area contributed by atoms with E-state index in [0.29, 0.717) is 16.5 Å². The van der Waals surface area contributed by atoms with Crippen LogP contribution in [0.1, 0.15) is 12.5 Å². The molecule has 0 aliphatic heterocycles. The number of hydrogen-bond donors (Lipinski definition) is 2. The lowest BCUT2D eigenvalue weighted by Crippen LogP contribution is -2.48. The average Bonchev–Trinajstić information content (AvgIpc) is 2.61. The first-order valence-corrected chi connectivity index (χ1v) is 8.03. The van der Waals surface area contributed by atoms with Gasteiger partial charge in [0.05, 0.1) is 5.02 Å². The van der Waals surface area contributed by atoms with Gasteiger partial charge >= 0.3 is 0 Å². The van der Waals surface area contributed by atoms with Gasteiger partial charge in [-0.05, 0) is 38.1 Å². The molecular formula is C18H19ClN2O4. The van der Waals surface area contributed by atoms with Crippen LogP contribution < -0.4 is 20.3 Å². The van der Waals surface area contributed by atoms with Crippen molar-refractivity contribution in [2.45, 2.75) is 20.0 Å². The molecule has 2 aromatic rings. The quantitative estimate of drug-likeness (QED) is 0.774. The van der Waals surface area contributed by atoms with E-state index in [4.69, 9.17) is 21.1 Å². The van der Waals surface area contributed by atoms with E-state index in [1.54, 1.807) is 43.3 Å². The Morgan fingerprint density at radius 2 is 1.76 bits per heavy atom. The molecule has 25 heavy (non-hydrogen) atoms. The van der Waals surface area contributed by atoms with Gasteiger partial charge in [-0.2, -0.15) is 0 Å². The van der Waals surface area contributed by atoms with Gasteiger partial charge in [-0.1, -0.05) is 41.4 Å². The van der Waals surface area contributed by atoms with E-state index in [0.717, 1.165) is 5.56 Å². The van der Waals surface area contributed by atoms with Crippen LogP contribution in [-0.4, -0.2) is 24.5 Å². The maximum Gasteiger partial charge on any atom is 0.279 e. The molecule has 0 spiro atoms. The number of aryl methyl sites for hydroxylation is 1. The third kappa shape index (κ3) is 6.00. The van der Waals surface area contributed by atoms with E-state index < -0.39 is 17.9 Å². The molecule has 2 rings (SSSR count). The van der Waals surface area contributed by atoms with Crippen LogP contribution in [0.5, 0.6) is 11.5 Å². The summed E-state index contributed by atoms with van der Waals surface area (Å²) < 4.78 is 10.8. The minimum Gasteiger partial charge on any atom is -0.484 e. The summed E-state index contributed by atoms with van der Waals surface area (Å²) in [4.78, 5) is 23.7. The van der Waals surface area contributed by atoms with E-state index in [9.17, 15) is 9.59 Å². The van der Waals surface area contributed by atoms with E-state index in [-0.39, 0.29) is 6.61 Å². The number of para-hydroxylation sites is 1. The van der Waals surface area contributed by atoms with E-state index in [1.165, 1.54) is 0 Å². The Labute approximate surface area is 151 Å². The molecule has 2 aromatic carbocycles. The fraction of sp³-hybridized carbons (Fsp3) is 0.222. The number of amides is 2. The second-order valence-corrected chi connectivity index (χ2v) is 5.74. The molecule has 0 saturated heterocycles. The molecule has 0 saturated carbocycles. The molecular weight excluding hydrogens is 344 g/mol. The average molecular weight is 363 g/mol. The van der Waals surface area contributed by atoms with Crippen LogP contribution in [0.3, 0.4) is 0 Å². The highest BCUT2D eigenvalue weighted by Crippen LogP contribution is 2.24. The summed E-state index contributed by atoms with van der Waals surface area (Å²) in [6, 6.07) is 14.1. The van der Waals surface area contributed by atoms with Crippen molar-refractivity contribution < 1.29 is 19.1 Å². The van der Waals surface area contributed by atoms with Crippen molar-refractivity contribution in [3.05, 3.63) is 59.1 Å². The van der Waals surface area contributed by atoms with Crippen molar-refractivity contribution in [3.8, 4) is 11.5 Å². The first-order chi connectivity index (χ1) is 12.0. The second kappa shape index (κ2) is 8.94. The van der Waals surface area contributed by atoms with Gasteiger partial charge in [0.25, 0.3) is 11.8 Å². The largest absolute Gasteiger partial charge is 0.484 e. The summed E-state index contributed by atoms with van der Waals surface area (Å²) in [5, 5.41) is 0.401. The summed E-state index contributed by atoms with van der Waals surface area (Å²) in [6.45, 7) is 3.29. The Hall–Kier alpha value is -2.73. The molecule has 2 N–H and O–H groups in total. The molecule has 6 nitrogen and oxygen atoms in total. The maximum absolute atomic E-state index is 11.9. The molecule has 0 aromatic heterocycles. The Morgan fingerprint density at radius 1 is 1.08 bits per heavy atom. The van der Waals surface area contributed by atoms with Crippen LogP contribution in [0.15, 0.2) is 48.5 Å². The fourth-order valence-electron chi connectivity index (χ4n) is 1.84. The third-order valence-electron chi connectivity index (χ3n) is 3.23. The maximum atomic E-state index is 11.9. The second-order valence-electron chi connectivity index (χ2n) is 5.33. The van der Waals surface area contributed by atoms with Crippen LogP contribution in [0.2, 0.25) is 5.02 Å². The number of benzene rings is 2. The smallest absolute Gasteiger partial charge is 0.279 e. The SMILES string of the molecule is Cc1ccc(OCC(=O)NNC(=O)C(C)Oc2ccccc2Cl)cc1. The van der Waals surface area contributed by atoms with Gasteiger partial charge in [-0.25, -0.2) is 0 Å². The normalized spacial score (nSPS) is 11.3. The first-order valence-electron chi connectivity index (χ1n) is 7.65. The summed E-state index contributed by atoms with van der Waals surface area (Å²) in [7, 11) is 0. The minimum absolute atomic E-state index is 0.219. The van der Waals surface area contributed by atoms with Crippen LogP contribution >= 0.6 is 11.6 Å². The van der Waals surface area contributed by atoms with Crippen molar-refractivity contribution in [2.75, 3.05) is 6.61 Å². The number of nitrogens with one attached hydrogen (secondary N) is 2. The first kappa shape index (κ1) is 18.6. The number of hydrazine groups is 1. The van der Waals surface area contributed by atoms with E-state index >= 15 is 0 Å². The van der Waals surface area contributed by atoms with Crippen molar-refractivity contribution >= 4 is 23.4 Å². The summed E-state index contributed by atoms with van der Waals surface area (Å²) in [5.41, 5.74) is 5.64. The number of hydrogen-bond acceptors (Lipinski definition) is 4. The highest BCUT2D eigenvalue weighted by molar-refractivity contribution is 6.32. The Balaban J connectivity index is 1.74. The Morgan fingerprint density at radius 3 is 2.44 bits per heavy atom. The van der Waals surface area contributed by atoms with Gasteiger partial charge in [0.15, 0.2) is 12.7 Å². The lowest BCUT2D eigenvalue weighted by molar-refractivity contribution is -0.133. The topological polar surface area (TPSA) is 76.7 Å². The zero-order valence-electron chi connectivity index (χ0n) is 13.9. The highest BCUT2D eigenvalue weighted by Gasteiger charge is 2.16. The van der Waals surface area contributed by atoms with Crippen LogP contribution in [0.25, 0.3) is 0 Å². The van der Waals surface area contributed by atoms with Crippen molar-refractivity contribution in [2.24, 2.45) is 0 Å². The molecule has 0 aliphatic carbocycles. The lowest BCUT2D eigenvalue weighted by atomic mass is 10.2. The van der Waals surface area contributed by atoms with Gasteiger partial charge in [-0.15, -0.1) is 0 Å². The lowest BCUT2D eigenvalue weighted by Gasteiger charge is -2.16. The molecule has 1 unspecified atom stereocenters. The van der Waals surface area contributed by atoms with Crippen molar-refractivity contribution in [1.82, 2.24) is 10.9 Å². The molecule has 0 fully saturated rings. The van der Waals surface area contributed by atoms with Gasteiger partial charge < -0.3 is 9.47 Å². The molecule has 0 radical (unpaired) electrons. The minimum atomic E-state index is -0.835. The highest BCUT2D eigenvalue weighted by atomic mass is 35.5. The fourth-order valence-corrected chi connectivity index (χ4v) is 2.02. The number of carbonyl (C=O) groups is 2. The zero-order chi connectivity index (χ0) is 18.2. The molecule has 2 amide bonds. The van der Waals surface area contributed by atoms with Gasteiger partial charge in [0, 0.05) is 0 Å². The number of rotatable bonds is 6. The van der Waals surface area contributed by atoms with Crippen molar-refractivity contribution in [3.63, 3.8) is 0 Å². The Bertz CT molecular complexity index is 734. The van der Waals surface area contributed by atoms with Crippen LogP contribution in [0.4, 0.5) is 0 Å². The molecule has 1 atom stereocenters. The van der Waals surface area contributed by atoms with Crippen LogP contribution in [0, 0.1) is 6.92 Å². The van der Waals surface area contributed by atoms with Gasteiger partial charge in [-0.3, -0.25) is 20.4 Å². The van der Waals surface area contributed by atoms with Gasteiger partial charge in [0.2, 0.25) is 0 Å². The van der Waals surface area contributed by atoms with Crippen LogP contribution in [-0.2, 0) is 9.59 Å². The zero-order valence-corrected chi connectivity index (χ0v) is 14.7. The summed E-state index contributed by atoms with van der Waals surface area (Å²) in [5.74, 6) is -0.0363. The third-order valence-corrected chi connectivity index (χ3v) is 3.54. The molecule has 0 heterocycles. The standard InChI is InChI=1S/C18H19ClN2O4/c1-12-7-9-14(10-8-12)24-11-17(22)20-21-18(23)13(2)25-16-6-4-3-5-15(16)19/h3-10,13H,11H2,1-2H3,(H,20,22)(H,21,23). The molecule has 132 valence electrons. The van der Waals surface area contributed by atoms with E-state index in [2.05, 4.69) is 10.9 Å². The number of halogens is 1. The molecule has 7 heteroatoms. The molecule has 0 bridgehead atoms.